The van der Waals surface area contributed by atoms with Gasteiger partial charge in [0.15, 0.2) is 0 Å². The quantitative estimate of drug-likeness (QED) is 0.521. The van der Waals surface area contributed by atoms with Crippen molar-refractivity contribution in [3.63, 3.8) is 0 Å². The molecule has 14 heavy (non-hydrogen) atoms. The Balaban J connectivity index is 1.90. The molecule has 0 saturated carbocycles. The molecule has 82 valence electrons. The molecule has 0 bridgehead atoms. The Morgan fingerprint density at radius 3 is 2.71 bits per heavy atom. The van der Waals surface area contributed by atoms with Crippen LogP contribution in [0.5, 0.6) is 0 Å². The maximum absolute atomic E-state index is 10.4. The largest absolute Gasteiger partial charge is 0.463 e. The molecule has 0 amide bonds. The van der Waals surface area contributed by atoms with Crippen LogP contribution in [0.2, 0.25) is 0 Å². The van der Waals surface area contributed by atoms with E-state index in [4.69, 9.17) is 9.47 Å². The number of piperidine rings is 1. The minimum Gasteiger partial charge on any atom is -0.463 e. The highest BCUT2D eigenvalue weighted by molar-refractivity contribution is 5.65. The molecule has 0 radical (unpaired) electrons. The summed E-state index contributed by atoms with van der Waals surface area (Å²) in [4.78, 5) is 10.4. The summed E-state index contributed by atoms with van der Waals surface area (Å²) in [7, 11) is 0. The van der Waals surface area contributed by atoms with Crippen molar-refractivity contribution in [1.29, 1.82) is 0 Å². The lowest BCUT2D eigenvalue weighted by Crippen LogP contribution is -2.30. The van der Waals surface area contributed by atoms with Gasteiger partial charge < -0.3 is 14.8 Å². The summed E-state index contributed by atoms with van der Waals surface area (Å²) >= 11 is 0. The van der Waals surface area contributed by atoms with Crippen LogP contribution >= 0.6 is 0 Å². The first-order valence-corrected chi connectivity index (χ1v) is 5.21. The molecule has 0 aliphatic carbocycles. The fourth-order valence-electron chi connectivity index (χ4n) is 1.54. The molecule has 0 aromatic rings. The lowest BCUT2D eigenvalue weighted by Gasteiger charge is -2.22. The van der Waals surface area contributed by atoms with E-state index in [1.807, 2.05) is 0 Å². The van der Waals surface area contributed by atoms with Crippen molar-refractivity contribution in [2.75, 3.05) is 32.9 Å². The molecule has 1 rings (SSSR count). The number of hydrogen-bond acceptors (Lipinski definition) is 4. The van der Waals surface area contributed by atoms with E-state index < -0.39 is 0 Å². The molecule has 1 aliphatic rings. The van der Waals surface area contributed by atoms with Gasteiger partial charge in [0.2, 0.25) is 0 Å². The van der Waals surface area contributed by atoms with Crippen LogP contribution in [-0.4, -0.2) is 38.9 Å². The van der Waals surface area contributed by atoms with Crippen molar-refractivity contribution in [2.45, 2.75) is 19.8 Å². The molecular weight excluding hydrogens is 182 g/mol. The monoisotopic (exact) mass is 201 g/mol. The second-order valence-electron chi connectivity index (χ2n) is 3.61. The van der Waals surface area contributed by atoms with Crippen LogP contribution in [0.1, 0.15) is 19.8 Å². The molecule has 0 spiro atoms. The van der Waals surface area contributed by atoms with E-state index in [-0.39, 0.29) is 5.97 Å². The van der Waals surface area contributed by atoms with E-state index in [9.17, 15) is 4.79 Å². The smallest absolute Gasteiger partial charge is 0.302 e. The lowest BCUT2D eigenvalue weighted by atomic mass is 9.99. The third-order valence-electron chi connectivity index (χ3n) is 2.35. The molecule has 1 fully saturated rings. The Kier molecular flexibility index (Phi) is 5.56. The van der Waals surface area contributed by atoms with Crippen molar-refractivity contribution in [1.82, 2.24) is 5.32 Å². The number of rotatable bonds is 5. The molecule has 4 nitrogen and oxygen atoms in total. The van der Waals surface area contributed by atoms with Gasteiger partial charge in [-0.3, -0.25) is 4.79 Å². The van der Waals surface area contributed by atoms with Crippen molar-refractivity contribution >= 4 is 5.97 Å². The van der Waals surface area contributed by atoms with Gasteiger partial charge >= 0.3 is 5.97 Å². The zero-order valence-corrected chi connectivity index (χ0v) is 8.75. The van der Waals surface area contributed by atoms with Crippen molar-refractivity contribution in [2.24, 2.45) is 5.92 Å². The van der Waals surface area contributed by atoms with E-state index >= 15 is 0 Å². The number of nitrogens with one attached hydrogen (secondary N) is 1. The molecule has 1 heterocycles. The van der Waals surface area contributed by atoms with Gasteiger partial charge in [-0.2, -0.15) is 0 Å². The average Bonchev–Trinajstić information content (AvgIpc) is 2.18. The van der Waals surface area contributed by atoms with Crippen LogP contribution in [0.15, 0.2) is 0 Å². The zero-order valence-electron chi connectivity index (χ0n) is 8.75. The molecule has 0 atom stereocenters. The molecular formula is C10H19NO3. The second kappa shape index (κ2) is 6.79. The number of esters is 1. The van der Waals surface area contributed by atoms with Gasteiger partial charge in [0.05, 0.1) is 6.61 Å². The summed E-state index contributed by atoms with van der Waals surface area (Å²) in [5.74, 6) is 0.434. The molecule has 1 aliphatic heterocycles. The Morgan fingerprint density at radius 1 is 1.36 bits per heavy atom. The average molecular weight is 201 g/mol. The number of ether oxygens (including phenoxy) is 2. The van der Waals surface area contributed by atoms with Crippen LogP contribution in [-0.2, 0) is 14.3 Å². The normalized spacial score (nSPS) is 18.1. The van der Waals surface area contributed by atoms with E-state index in [1.165, 1.54) is 19.8 Å². The highest BCUT2D eigenvalue weighted by Crippen LogP contribution is 2.11. The van der Waals surface area contributed by atoms with Gasteiger partial charge in [0, 0.05) is 13.5 Å². The molecule has 1 N–H and O–H groups in total. The molecule has 1 saturated heterocycles. The van der Waals surface area contributed by atoms with Crippen LogP contribution < -0.4 is 5.32 Å². The summed E-state index contributed by atoms with van der Waals surface area (Å²) < 4.78 is 10.2. The summed E-state index contributed by atoms with van der Waals surface area (Å²) in [6, 6.07) is 0. The summed E-state index contributed by atoms with van der Waals surface area (Å²) in [6.45, 7) is 5.29. The number of hydrogen-bond donors (Lipinski definition) is 1. The topological polar surface area (TPSA) is 47.6 Å². The van der Waals surface area contributed by atoms with E-state index in [0.717, 1.165) is 19.7 Å². The van der Waals surface area contributed by atoms with Gasteiger partial charge in [-0.1, -0.05) is 0 Å². The van der Waals surface area contributed by atoms with Gasteiger partial charge in [-0.25, -0.2) is 0 Å². The van der Waals surface area contributed by atoms with Gasteiger partial charge in [0.1, 0.15) is 6.61 Å². The van der Waals surface area contributed by atoms with Crippen molar-refractivity contribution < 1.29 is 14.3 Å². The first kappa shape index (κ1) is 11.5. The van der Waals surface area contributed by atoms with Crippen LogP contribution in [0.4, 0.5) is 0 Å². The first-order valence-electron chi connectivity index (χ1n) is 5.21. The standard InChI is InChI=1S/C10H19NO3/c1-9(12)14-7-6-13-8-10-2-4-11-5-3-10/h10-11H,2-8H2,1H3. The Bertz CT molecular complexity index is 167. The van der Waals surface area contributed by atoms with E-state index in [1.54, 1.807) is 0 Å². The van der Waals surface area contributed by atoms with Gasteiger partial charge in [-0.15, -0.1) is 0 Å². The maximum Gasteiger partial charge on any atom is 0.302 e. The summed E-state index contributed by atoms with van der Waals surface area (Å²) in [6.07, 6.45) is 2.38. The Morgan fingerprint density at radius 2 is 2.07 bits per heavy atom. The van der Waals surface area contributed by atoms with E-state index in [0.29, 0.717) is 19.1 Å². The Labute approximate surface area is 85.0 Å². The molecule has 0 unspecified atom stereocenters. The summed E-state index contributed by atoms with van der Waals surface area (Å²) in [5.41, 5.74) is 0. The highest BCUT2D eigenvalue weighted by Gasteiger charge is 2.12. The third kappa shape index (κ3) is 5.19. The zero-order chi connectivity index (χ0) is 10.2. The van der Waals surface area contributed by atoms with Crippen LogP contribution in [0.3, 0.4) is 0 Å². The summed E-state index contributed by atoms with van der Waals surface area (Å²) in [5, 5.41) is 3.31. The minimum absolute atomic E-state index is 0.240. The van der Waals surface area contributed by atoms with Gasteiger partial charge in [0.25, 0.3) is 0 Å². The number of carbonyl (C=O) groups excluding carboxylic acids is 1. The van der Waals surface area contributed by atoms with Crippen molar-refractivity contribution in [3.05, 3.63) is 0 Å². The minimum atomic E-state index is -0.240. The fraction of sp³-hybridized carbons (Fsp3) is 0.900. The van der Waals surface area contributed by atoms with Gasteiger partial charge in [-0.05, 0) is 31.8 Å². The molecule has 4 heteroatoms. The predicted octanol–water partition coefficient (Wildman–Crippen LogP) is 0.566. The van der Waals surface area contributed by atoms with E-state index in [2.05, 4.69) is 5.32 Å². The second-order valence-corrected chi connectivity index (χ2v) is 3.61. The van der Waals surface area contributed by atoms with Crippen LogP contribution in [0, 0.1) is 5.92 Å². The Hall–Kier alpha value is -0.610. The maximum atomic E-state index is 10.4. The fourth-order valence-corrected chi connectivity index (χ4v) is 1.54. The SMILES string of the molecule is CC(=O)OCCOCC1CCNCC1. The highest BCUT2D eigenvalue weighted by atomic mass is 16.6. The van der Waals surface area contributed by atoms with Crippen molar-refractivity contribution in [3.8, 4) is 0 Å². The molecule has 0 aromatic carbocycles. The predicted molar refractivity (Wildman–Crippen MR) is 53.0 cm³/mol. The van der Waals surface area contributed by atoms with Crippen LogP contribution in [0.25, 0.3) is 0 Å². The first-order chi connectivity index (χ1) is 6.79. The number of carbonyl (C=O) groups is 1. The third-order valence-corrected chi connectivity index (χ3v) is 2.35. The lowest BCUT2D eigenvalue weighted by molar-refractivity contribution is -0.142. The molecule has 0 aromatic heterocycles.